The van der Waals surface area contributed by atoms with E-state index < -0.39 is 0 Å². The molecule has 0 unspecified atom stereocenters. The molecule has 1 saturated carbocycles. The number of halogens is 1. The molecule has 1 aliphatic carbocycles. The Bertz CT molecular complexity index is 421. The zero-order valence-electron chi connectivity index (χ0n) is 12.5. The standard InChI is InChI=1S/C16H25BrN2O/c1-3-19(9-10-20-4-2)16-8-5-13(11-15(16)17)12-18-14-6-7-14/h5,8,11,14,18H,3-4,6-7,9-10,12H2,1-2H3. The monoisotopic (exact) mass is 340 g/mol. The van der Waals surface area contributed by atoms with Gasteiger partial charge in [0.25, 0.3) is 0 Å². The maximum Gasteiger partial charge on any atom is 0.0641 e. The van der Waals surface area contributed by atoms with Crippen LogP contribution in [0.5, 0.6) is 0 Å². The predicted octanol–water partition coefficient (Wildman–Crippen LogP) is 3.56. The fourth-order valence-corrected chi connectivity index (χ4v) is 2.91. The van der Waals surface area contributed by atoms with E-state index in [1.807, 2.05) is 6.92 Å². The van der Waals surface area contributed by atoms with Crippen LogP contribution in [0.3, 0.4) is 0 Å². The quantitative estimate of drug-likeness (QED) is 0.695. The summed E-state index contributed by atoms with van der Waals surface area (Å²) in [5, 5.41) is 3.55. The molecule has 20 heavy (non-hydrogen) atoms. The molecule has 1 aliphatic rings. The highest BCUT2D eigenvalue weighted by Gasteiger charge is 2.20. The molecule has 1 aromatic carbocycles. The lowest BCUT2D eigenvalue weighted by Crippen LogP contribution is -2.27. The number of nitrogens with zero attached hydrogens (tertiary/aromatic N) is 1. The topological polar surface area (TPSA) is 24.5 Å². The van der Waals surface area contributed by atoms with Crippen LogP contribution in [-0.2, 0) is 11.3 Å². The molecule has 0 aromatic heterocycles. The maximum atomic E-state index is 5.46. The Morgan fingerprint density at radius 2 is 2.15 bits per heavy atom. The van der Waals surface area contributed by atoms with Crippen LogP contribution >= 0.6 is 15.9 Å². The van der Waals surface area contributed by atoms with Crippen LogP contribution in [0.2, 0.25) is 0 Å². The molecule has 0 spiro atoms. The molecule has 2 rings (SSSR count). The molecule has 112 valence electrons. The molecule has 0 radical (unpaired) electrons. The lowest BCUT2D eigenvalue weighted by molar-refractivity contribution is 0.154. The van der Waals surface area contributed by atoms with Crippen LogP contribution in [0.25, 0.3) is 0 Å². The molecular formula is C16H25BrN2O. The van der Waals surface area contributed by atoms with Crippen molar-refractivity contribution >= 4 is 21.6 Å². The van der Waals surface area contributed by atoms with Crippen molar-refractivity contribution in [3.8, 4) is 0 Å². The van der Waals surface area contributed by atoms with Crippen molar-refractivity contribution in [1.82, 2.24) is 5.32 Å². The van der Waals surface area contributed by atoms with Crippen LogP contribution in [0.1, 0.15) is 32.3 Å². The van der Waals surface area contributed by atoms with E-state index in [1.165, 1.54) is 28.6 Å². The Morgan fingerprint density at radius 3 is 2.75 bits per heavy atom. The molecule has 1 aromatic rings. The lowest BCUT2D eigenvalue weighted by Gasteiger charge is -2.24. The second kappa shape index (κ2) is 8.01. The number of likely N-dealkylation sites (N-methyl/N-ethyl adjacent to an activating group) is 1. The Hall–Kier alpha value is -0.580. The van der Waals surface area contributed by atoms with Crippen molar-refractivity contribution < 1.29 is 4.74 Å². The van der Waals surface area contributed by atoms with Gasteiger partial charge in [0, 0.05) is 36.8 Å². The van der Waals surface area contributed by atoms with Crippen LogP contribution in [0.4, 0.5) is 5.69 Å². The zero-order valence-corrected chi connectivity index (χ0v) is 14.1. The van der Waals surface area contributed by atoms with Gasteiger partial charge in [-0.3, -0.25) is 0 Å². The van der Waals surface area contributed by atoms with E-state index in [2.05, 4.69) is 51.3 Å². The first-order chi connectivity index (χ1) is 9.74. The maximum absolute atomic E-state index is 5.46. The van der Waals surface area contributed by atoms with Gasteiger partial charge in [-0.15, -0.1) is 0 Å². The summed E-state index contributed by atoms with van der Waals surface area (Å²) in [6, 6.07) is 7.42. The molecule has 3 nitrogen and oxygen atoms in total. The fourth-order valence-electron chi connectivity index (χ4n) is 2.23. The van der Waals surface area contributed by atoms with Crippen LogP contribution in [-0.4, -0.2) is 32.3 Å². The number of nitrogens with one attached hydrogen (secondary N) is 1. The first kappa shape index (κ1) is 15.8. The smallest absolute Gasteiger partial charge is 0.0641 e. The van der Waals surface area contributed by atoms with Gasteiger partial charge >= 0.3 is 0 Å². The Morgan fingerprint density at radius 1 is 1.35 bits per heavy atom. The number of anilines is 1. The summed E-state index contributed by atoms with van der Waals surface area (Å²) in [7, 11) is 0. The summed E-state index contributed by atoms with van der Waals surface area (Å²) < 4.78 is 6.63. The van der Waals surface area contributed by atoms with E-state index in [-0.39, 0.29) is 0 Å². The van der Waals surface area contributed by atoms with Gasteiger partial charge in [0.1, 0.15) is 0 Å². The minimum atomic E-state index is 0.756. The number of hydrogen-bond donors (Lipinski definition) is 1. The van der Waals surface area contributed by atoms with E-state index >= 15 is 0 Å². The molecule has 0 heterocycles. The Labute approximate surface area is 130 Å². The summed E-state index contributed by atoms with van der Waals surface area (Å²) in [5.74, 6) is 0. The number of rotatable bonds is 9. The molecule has 0 saturated heterocycles. The van der Waals surface area contributed by atoms with Crippen molar-refractivity contribution in [3.63, 3.8) is 0 Å². The van der Waals surface area contributed by atoms with E-state index in [9.17, 15) is 0 Å². The predicted molar refractivity (Wildman–Crippen MR) is 88.4 cm³/mol. The first-order valence-electron chi connectivity index (χ1n) is 7.59. The van der Waals surface area contributed by atoms with Gasteiger partial charge in [-0.2, -0.15) is 0 Å². The highest BCUT2D eigenvalue weighted by atomic mass is 79.9. The van der Waals surface area contributed by atoms with E-state index in [0.717, 1.165) is 38.9 Å². The second-order valence-electron chi connectivity index (χ2n) is 5.22. The van der Waals surface area contributed by atoms with Crippen molar-refractivity contribution in [2.24, 2.45) is 0 Å². The van der Waals surface area contributed by atoms with Crippen LogP contribution < -0.4 is 10.2 Å². The van der Waals surface area contributed by atoms with Gasteiger partial charge in [0.2, 0.25) is 0 Å². The van der Waals surface area contributed by atoms with E-state index in [1.54, 1.807) is 0 Å². The Balaban J connectivity index is 1.94. The first-order valence-corrected chi connectivity index (χ1v) is 8.38. The molecule has 0 amide bonds. The zero-order chi connectivity index (χ0) is 14.4. The largest absolute Gasteiger partial charge is 0.380 e. The molecule has 0 atom stereocenters. The summed E-state index contributed by atoms with van der Waals surface area (Å²) in [4.78, 5) is 2.35. The van der Waals surface area contributed by atoms with Gasteiger partial charge in [-0.1, -0.05) is 6.07 Å². The molecule has 0 bridgehead atoms. The number of ether oxygens (including phenoxy) is 1. The second-order valence-corrected chi connectivity index (χ2v) is 6.07. The summed E-state index contributed by atoms with van der Waals surface area (Å²) in [6.07, 6.45) is 2.67. The van der Waals surface area contributed by atoms with Gasteiger partial charge in [-0.05, 0) is 60.3 Å². The third kappa shape index (κ3) is 4.76. The fraction of sp³-hybridized carbons (Fsp3) is 0.625. The average molecular weight is 341 g/mol. The van der Waals surface area contributed by atoms with Crippen molar-refractivity contribution in [2.45, 2.75) is 39.3 Å². The third-order valence-corrected chi connectivity index (χ3v) is 4.25. The molecular weight excluding hydrogens is 316 g/mol. The van der Waals surface area contributed by atoms with Crippen molar-refractivity contribution in [3.05, 3.63) is 28.2 Å². The molecule has 1 N–H and O–H groups in total. The third-order valence-electron chi connectivity index (χ3n) is 3.62. The summed E-state index contributed by atoms with van der Waals surface area (Å²) in [6.45, 7) is 8.67. The van der Waals surface area contributed by atoms with Crippen molar-refractivity contribution in [2.75, 3.05) is 31.2 Å². The van der Waals surface area contributed by atoms with E-state index in [4.69, 9.17) is 4.74 Å². The molecule has 0 aliphatic heterocycles. The Kier molecular flexibility index (Phi) is 6.33. The lowest BCUT2D eigenvalue weighted by atomic mass is 10.2. The number of benzene rings is 1. The van der Waals surface area contributed by atoms with E-state index in [0.29, 0.717) is 0 Å². The number of hydrogen-bond acceptors (Lipinski definition) is 3. The average Bonchev–Trinajstić information content (AvgIpc) is 3.27. The van der Waals surface area contributed by atoms with Gasteiger partial charge in [0.15, 0.2) is 0 Å². The van der Waals surface area contributed by atoms with Gasteiger partial charge in [0.05, 0.1) is 12.3 Å². The van der Waals surface area contributed by atoms with Gasteiger partial charge < -0.3 is 15.0 Å². The minimum absolute atomic E-state index is 0.756. The molecule has 1 fully saturated rings. The van der Waals surface area contributed by atoms with Crippen LogP contribution in [0, 0.1) is 0 Å². The van der Waals surface area contributed by atoms with Crippen LogP contribution in [0.15, 0.2) is 22.7 Å². The molecule has 4 heteroatoms. The summed E-state index contributed by atoms with van der Waals surface area (Å²) in [5.41, 5.74) is 2.59. The van der Waals surface area contributed by atoms with Crippen molar-refractivity contribution in [1.29, 1.82) is 0 Å². The highest BCUT2D eigenvalue weighted by Crippen LogP contribution is 2.28. The minimum Gasteiger partial charge on any atom is -0.380 e. The SMILES string of the molecule is CCOCCN(CC)c1ccc(CNC2CC2)cc1Br. The normalized spacial score (nSPS) is 14.6. The summed E-state index contributed by atoms with van der Waals surface area (Å²) >= 11 is 3.71. The highest BCUT2D eigenvalue weighted by molar-refractivity contribution is 9.10. The van der Waals surface area contributed by atoms with Gasteiger partial charge in [-0.25, -0.2) is 0 Å².